The van der Waals surface area contributed by atoms with Crippen LogP contribution in [0.25, 0.3) is 0 Å². The summed E-state index contributed by atoms with van der Waals surface area (Å²) in [6, 6.07) is 9.88. The Labute approximate surface area is 164 Å². The van der Waals surface area contributed by atoms with E-state index >= 15 is 0 Å². The fourth-order valence-electron chi connectivity index (χ4n) is 2.65. The van der Waals surface area contributed by atoms with Gasteiger partial charge < -0.3 is 10.1 Å². The minimum absolute atomic E-state index is 0.195. The van der Waals surface area contributed by atoms with E-state index in [1.54, 1.807) is 0 Å². The molecule has 6 nitrogen and oxygen atoms in total. The molecule has 2 rings (SSSR count). The Kier molecular flexibility index (Phi) is 8.26. The van der Waals surface area contributed by atoms with E-state index in [0.29, 0.717) is 13.0 Å². The number of thioether (sulfide) groups is 1. The van der Waals surface area contributed by atoms with Gasteiger partial charge in [-0.1, -0.05) is 42.1 Å². The molecule has 0 unspecified atom stereocenters. The molecule has 0 spiro atoms. The molecule has 0 fully saturated rings. The second-order valence-electron chi connectivity index (χ2n) is 6.11. The second kappa shape index (κ2) is 10.7. The molecule has 1 N–H and O–H groups in total. The van der Waals surface area contributed by atoms with Crippen LogP contribution in [0, 0.1) is 13.8 Å². The molecule has 27 heavy (non-hydrogen) atoms. The first-order valence-electron chi connectivity index (χ1n) is 8.84. The van der Waals surface area contributed by atoms with Gasteiger partial charge in [0.1, 0.15) is 0 Å². The number of aryl methyl sites for hydroxylation is 2. The van der Waals surface area contributed by atoms with Crippen LogP contribution in [-0.2, 0) is 27.2 Å². The highest BCUT2D eigenvalue weighted by Crippen LogP contribution is 2.17. The lowest BCUT2D eigenvalue weighted by Gasteiger charge is -2.10. The lowest BCUT2D eigenvalue weighted by Crippen LogP contribution is -2.30. The number of carbonyl (C=O) groups excluding carboxylic acids is 2. The standard InChI is InChI=1S/C20H25N3O3S/c1-14-17(15(2)23-20(22-14)27-3)9-10-19(25)26-13-18(24)21-12-11-16-7-5-4-6-8-16/h4-8H,9-13H2,1-3H3,(H,21,24). The highest BCUT2D eigenvalue weighted by molar-refractivity contribution is 7.98. The van der Waals surface area contributed by atoms with Gasteiger partial charge in [-0.2, -0.15) is 0 Å². The summed E-state index contributed by atoms with van der Waals surface area (Å²) < 4.78 is 5.06. The SMILES string of the molecule is CSc1nc(C)c(CCC(=O)OCC(=O)NCCc2ccccc2)c(C)n1. The van der Waals surface area contributed by atoms with Gasteiger partial charge in [0, 0.05) is 24.4 Å². The molecule has 1 amide bonds. The van der Waals surface area contributed by atoms with Crippen molar-refractivity contribution in [3.63, 3.8) is 0 Å². The van der Waals surface area contributed by atoms with Crippen LogP contribution in [-0.4, -0.2) is 41.3 Å². The quantitative estimate of drug-likeness (QED) is 0.405. The van der Waals surface area contributed by atoms with E-state index in [9.17, 15) is 9.59 Å². The van der Waals surface area contributed by atoms with Crippen molar-refractivity contribution in [2.24, 2.45) is 0 Å². The molecular formula is C20H25N3O3S. The van der Waals surface area contributed by atoms with E-state index in [-0.39, 0.29) is 18.9 Å². The van der Waals surface area contributed by atoms with Crippen molar-refractivity contribution < 1.29 is 14.3 Å². The van der Waals surface area contributed by atoms with Crippen molar-refractivity contribution in [2.75, 3.05) is 19.4 Å². The summed E-state index contributed by atoms with van der Waals surface area (Å²) in [5.41, 5.74) is 3.85. The molecule has 0 saturated heterocycles. The average Bonchev–Trinajstić information content (AvgIpc) is 2.66. The van der Waals surface area contributed by atoms with Gasteiger partial charge in [-0.25, -0.2) is 9.97 Å². The number of ether oxygens (including phenoxy) is 1. The number of amides is 1. The number of esters is 1. The van der Waals surface area contributed by atoms with Crippen LogP contribution < -0.4 is 5.32 Å². The first-order chi connectivity index (χ1) is 13.0. The zero-order chi connectivity index (χ0) is 19.6. The van der Waals surface area contributed by atoms with Crippen LogP contribution >= 0.6 is 11.8 Å². The van der Waals surface area contributed by atoms with Gasteiger partial charge in [0.25, 0.3) is 5.91 Å². The molecule has 144 valence electrons. The van der Waals surface area contributed by atoms with Crippen molar-refractivity contribution in [1.29, 1.82) is 0 Å². The topological polar surface area (TPSA) is 81.2 Å². The molecule has 0 saturated carbocycles. The molecule has 0 atom stereocenters. The van der Waals surface area contributed by atoms with Gasteiger partial charge in [-0.15, -0.1) is 0 Å². The predicted molar refractivity (Wildman–Crippen MR) is 106 cm³/mol. The van der Waals surface area contributed by atoms with Gasteiger partial charge >= 0.3 is 5.97 Å². The van der Waals surface area contributed by atoms with Crippen molar-refractivity contribution in [3.8, 4) is 0 Å². The summed E-state index contributed by atoms with van der Waals surface area (Å²) in [6.07, 6.45) is 3.36. The first-order valence-corrected chi connectivity index (χ1v) is 10.1. The molecular weight excluding hydrogens is 362 g/mol. The molecule has 2 aromatic rings. The third-order valence-electron chi connectivity index (χ3n) is 4.10. The van der Waals surface area contributed by atoms with Gasteiger partial charge in [-0.05, 0) is 44.1 Å². The molecule has 1 aromatic carbocycles. The lowest BCUT2D eigenvalue weighted by atomic mass is 10.1. The van der Waals surface area contributed by atoms with Gasteiger partial charge in [0.15, 0.2) is 11.8 Å². The van der Waals surface area contributed by atoms with Gasteiger partial charge in [-0.3, -0.25) is 9.59 Å². The van der Waals surface area contributed by atoms with Gasteiger partial charge in [0.05, 0.1) is 0 Å². The Balaban J connectivity index is 1.69. The van der Waals surface area contributed by atoms with E-state index in [1.807, 2.05) is 50.4 Å². The van der Waals surface area contributed by atoms with Crippen molar-refractivity contribution >= 4 is 23.6 Å². The van der Waals surface area contributed by atoms with Gasteiger partial charge in [0.2, 0.25) is 0 Å². The van der Waals surface area contributed by atoms with Crippen LogP contribution in [0.15, 0.2) is 35.5 Å². The molecule has 0 bridgehead atoms. The summed E-state index contributed by atoms with van der Waals surface area (Å²) in [7, 11) is 0. The van der Waals surface area contributed by atoms with E-state index in [0.717, 1.165) is 34.1 Å². The summed E-state index contributed by atoms with van der Waals surface area (Å²) >= 11 is 1.49. The number of benzene rings is 1. The smallest absolute Gasteiger partial charge is 0.306 e. The number of aromatic nitrogens is 2. The molecule has 0 aliphatic heterocycles. The van der Waals surface area contributed by atoms with E-state index < -0.39 is 5.97 Å². The Morgan fingerprint density at radius 2 is 1.74 bits per heavy atom. The second-order valence-corrected chi connectivity index (χ2v) is 6.88. The average molecular weight is 388 g/mol. The molecule has 0 aliphatic rings. The van der Waals surface area contributed by atoms with Crippen LogP contribution in [0.2, 0.25) is 0 Å². The predicted octanol–water partition coefficient (Wildman–Crippen LogP) is 2.65. The summed E-state index contributed by atoms with van der Waals surface area (Å²) in [4.78, 5) is 32.5. The normalized spacial score (nSPS) is 10.5. The molecule has 0 radical (unpaired) electrons. The number of nitrogens with one attached hydrogen (secondary N) is 1. The minimum atomic E-state index is -0.402. The summed E-state index contributed by atoms with van der Waals surface area (Å²) in [6.45, 7) is 4.08. The van der Waals surface area contributed by atoms with E-state index in [2.05, 4.69) is 15.3 Å². The van der Waals surface area contributed by atoms with Crippen molar-refractivity contribution in [1.82, 2.24) is 15.3 Å². The van der Waals surface area contributed by atoms with Crippen molar-refractivity contribution in [3.05, 3.63) is 52.8 Å². The van der Waals surface area contributed by atoms with Crippen LogP contribution in [0.3, 0.4) is 0 Å². The highest BCUT2D eigenvalue weighted by Gasteiger charge is 2.12. The number of hydrogen-bond acceptors (Lipinski definition) is 6. The minimum Gasteiger partial charge on any atom is -0.456 e. The lowest BCUT2D eigenvalue weighted by molar-refractivity contribution is -0.148. The number of hydrogen-bond donors (Lipinski definition) is 1. The molecule has 1 heterocycles. The van der Waals surface area contributed by atoms with E-state index in [4.69, 9.17) is 4.74 Å². The van der Waals surface area contributed by atoms with Crippen LogP contribution in [0.5, 0.6) is 0 Å². The van der Waals surface area contributed by atoms with Crippen LogP contribution in [0.4, 0.5) is 0 Å². The maximum absolute atomic E-state index is 11.9. The maximum Gasteiger partial charge on any atom is 0.306 e. The van der Waals surface area contributed by atoms with Crippen LogP contribution in [0.1, 0.15) is 28.9 Å². The molecule has 1 aromatic heterocycles. The fourth-order valence-corrected chi connectivity index (χ4v) is 3.11. The Morgan fingerprint density at radius 1 is 1.07 bits per heavy atom. The number of rotatable bonds is 9. The third kappa shape index (κ3) is 7.02. The van der Waals surface area contributed by atoms with E-state index in [1.165, 1.54) is 11.8 Å². The maximum atomic E-state index is 11.9. The third-order valence-corrected chi connectivity index (χ3v) is 4.65. The monoisotopic (exact) mass is 387 g/mol. The zero-order valence-corrected chi connectivity index (χ0v) is 16.8. The fraction of sp³-hybridized carbons (Fsp3) is 0.400. The first kappa shape index (κ1) is 20.9. The Hall–Kier alpha value is -2.41. The Bertz CT molecular complexity index is 758. The number of nitrogens with zero attached hydrogens (tertiary/aromatic N) is 2. The number of carbonyl (C=O) groups is 2. The summed E-state index contributed by atoms with van der Waals surface area (Å²) in [5, 5.41) is 3.48. The van der Waals surface area contributed by atoms with Crippen molar-refractivity contribution in [2.45, 2.75) is 38.3 Å². The highest BCUT2D eigenvalue weighted by atomic mass is 32.2. The zero-order valence-electron chi connectivity index (χ0n) is 15.9. The molecule has 0 aliphatic carbocycles. The Morgan fingerprint density at radius 3 is 2.37 bits per heavy atom. The largest absolute Gasteiger partial charge is 0.456 e. The summed E-state index contributed by atoms with van der Waals surface area (Å²) in [5.74, 6) is -0.694. The molecule has 7 heteroatoms.